The molecule has 0 amide bonds. The van der Waals surface area contributed by atoms with E-state index in [1.54, 1.807) is 11.3 Å². The van der Waals surface area contributed by atoms with Crippen LogP contribution in [-0.2, 0) is 19.5 Å². The Bertz CT molecular complexity index is 464. The Kier molecular flexibility index (Phi) is 4.76. The van der Waals surface area contributed by atoms with E-state index >= 15 is 0 Å². The molecule has 0 bridgehead atoms. The van der Waals surface area contributed by atoms with Crippen LogP contribution in [0.15, 0.2) is 28.4 Å². The summed E-state index contributed by atoms with van der Waals surface area (Å²) < 4.78 is 3.42. The number of thiophene rings is 1. The van der Waals surface area contributed by atoms with E-state index in [1.807, 2.05) is 12.5 Å². The van der Waals surface area contributed by atoms with Gasteiger partial charge in [-0.1, -0.05) is 6.92 Å². The summed E-state index contributed by atoms with van der Waals surface area (Å²) >= 11 is 5.29. The maximum atomic E-state index is 4.21. The first-order valence-corrected chi connectivity index (χ1v) is 7.34. The first-order chi connectivity index (χ1) is 8.29. The molecule has 0 spiro atoms. The van der Waals surface area contributed by atoms with E-state index in [1.165, 1.54) is 14.4 Å². The predicted octanol–water partition coefficient (Wildman–Crippen LogP) is 3.06. The van der Waals surface area contributed by atoms with Crippen LogP contribution in [0.4, 0.5) is 0 Å². The number of hydrogen-bond acceptors (Lipinski definition) is 3. The molecule has 0 saturated heterocycles. The lowest BCUT2D eigenvalue weighted by Gasteiger charge is -2.07. The first-order valence-electron chi connectivity index (χ1n) is 5.73. The molecule has 0 aliphatic rings. The summed E-state index contributed by atoms with van der Waals surface area (Å²) in [6, 6.07) is 4.28. The Balaban J connectivity index is 1.92. The Labute approximate surface area is 114 Å². The number of aryl methyl sites for hydroxylation is 2. The minimum absolute atomic E-state index is 0.893. The quantitative estimate of drug-likeness (QED) is 0.888. The van der Waals surface area contributed by atoms with Gasteiger partial charge in [0.1, 0.15) is 0 Å². The van der Waals surface area contributed by atoms with Crippen molar-refractivity contribution >= 4 is 27.3 Å². The number of rotatable bonds is 6. The van der Waals surface area contributed by atoms with Crippen LogP contribution < -0.4 is 5.32 Å². The van der Waals surface area contributed by atoms with E-state index in [0.717, 1.165) is 26.1 Å². The van der Waals surface area contributed by atoms with Crippen molar-refractivity contribution < 1.29 is 0 Å². The van der Waals surface area contributed by atoms with Crippen LogP contribution >= 0.6 is 27.3 Å². The van der Waals surface area contributed by atoms with Crippen LogP contribution in [0.5, 0.6) is 0 Å². The normalized spacial score (nSPS) is 10.9. The summed E-state index contributed by atoms with van der Waals surface area (Å²) in [5.41, 5.74) is 1.25. The monoisotopic (exact) mass is 313 g/mol. The molecule has 3 nitrogen and oxygen atoms in total. The largest absolute Gasteiger partial charge is 0.333 e. The van der Waals surface area contributed by atoms with Gasteiger partial charge in [0.15, 0.2) is 0 Å². The Hall–Kier alpha value is -0.650. The van der Waals surface area contributed by atoms with Crippen molar-refractivity contribution in [2.24, 2.45) is 0 Å². The van der Waals surface area contributed by atoms with Gasteiger partial charge >= 0.3 is 0 Å². The lowest BCUT2D eigenvalue weighted by atomic mass is 10.3. The van der Waals surface area contributed by atoms with Crippen LogP contribution in [0.25, 0.3) is 0 Å². The molecule has 0 aromatic carbocycles. The fourth-order valence-electron chi connectivity index (χ4n) is 1.67. The molecule has 0 fully saturated rings. The summed E-state index contributed by atoms with van der Waals surface area (Å²) in [4.78, 5) is 5.61. The number of halogens is 1. The summed E-state index contributed by atoms with van der Waals surface area (Å²) in [7, 11) is 0. The fraction of sp³-hybridized carbons (Fsp3) is 0.417. The lowest BCUT2D eigenvalue weighted by Crippen LogP contribution is -2.15. The van der Waals surface area contributed by atoms with Crippen molar-refractivity contribution in [2.75, 3.05) is 6.54 Å². The van der Waals surface area contributed by atoms with E-state index in [9.17, 15) is 0 Å². The van der Waals surface area contributed by atoms with Gasteiger partial charge in [-0.25, -0.2) is 4.98 Å². The van der Waals surface area contributed by atoms with Gasteiger partial charge < -0.3 is 9.88 Å². The maximum absolute atomic E-state index is 4.21. The van der Waals surface area contributed by atoms with Crippen molar-refractivity contribution in [3.8, 4) is 0 Å². The standard InChI is InChI=1S/C12H16BrN3S/c1-2-14-7-10-8-15-9-16(10)6-5-11-3-4-12(13)17-11/h3-4,8-9,14H,2,5-7H2,1H3. The highest BCUT2D eigenvalue weighted by Crippen LogP contribution is 2.22. The predicted molar refractivity (Wildman–Crippen MR) is 75.3 cm³/mol. The van der Waals surface area contributed by atoms with Crippen LogP contribution in [0.2, 0.25) is 0 Å². The summed E-state index contributed by atoms with van der Waals surface area (Å²) in [6.45, 7) is 4.99. The summed E-state index contributed by atoms with van der Waals surface area (Å²) in [5.74, 6) is 0. The smallest absolute Gasteiger partial charge is 0.0948 e. The lowest BCUT2D eigenvalue weighted by molar-refractivity contribution is 0.622. The molecule has 0 aliphatic heterocycles. The van der Waals surface area contributed by atoms with Gasteiger partial charge in [0.25, 0.3) is 0 Å². The molecule has 2 heterocycles. The number of imidazole rings is 1. The SMILES string of the molecule is CCNCc1cncn1CCc1ccc(Br)s1. The molecule has 2 aromatic heterocycles. The molecule has 2 rings (SSSR count). The zero-order valence-corrected chi connectivity index (χ0v) is 12.2. The van der Waals surface area contributed by atoms with Gasteiger partial charge in [0.2, 0.25) is 0 Å². The second kappa shape index (κ2) is 6.33. The fourth-order valence-corrected chi connectivity index (χ4v) is 3.14. The van der Waals surface area contributed by atoms with Gasteiger partial charge in [-0.15, -0.1) is 11.3 Å². The van der Waals surface area contributed by atoms with Crippen LogP contribution in [0.3, 0.4) is 0 Å². The molecule has 5 heteroatoms. The minimum atomic E-state index is 0.893. The molecule has 0 radical (unpaired) electrons. The highest BCUT2D eigenvalue weighted by atomic mass is 79.9. The molecular formula is C12H16BrN3S. The molecule has 0 atom stereocenters. The maximum Gasteiger partial charge on any atom is 0.0948 e. The second-order valence-corrected chi connectivity index (χ2v) is 6.36. The second-order valence-electron chi connectivity index (χ2n) is 3.81. The van der Waals surface area contributed by atoms with Crippen LogP contribution in [0, 0.1) is 0 Å². The van der Waals surface area contributed by atoms with E-state index in [-0.39, 0.29) is 0 Å². The van der Waals surface area contributed by atoms with Crippen molar-refractivity contribution in [1.29, 1.82) is 0 Å². The van der Waals surface area contributed by atoms with Crippen molar-refractivity contribution in [2.45, 2.75) is 26.4 Å². The molecule has 2 aromatic rings. The topological polar surface area (TPSA) is 29.9 Å². The average molecular weight is 314 g/mol. The highest BCUT2D eigenvalue weighted by Gasteiger charge is 2.03. The van der Waals surface area contributed by atoms with Crippen LogP contribution in [-0.4, -0.2) is 16.1 Å². The summed E-state index contributed by atoms with van der Waals surface area (Å²) in [5, 5.41) is 3.33. The molecule has 0 saturated carbocycles. The first kappa shape index (κ1) is 12.8. The Morgan fingerprint density at radius 2 is 2.35 bits per heavy atom. The molecular weight excluding hydrogens is 298 g/mol. The Morgan fingerprint density at radius 3 is 3.06 bits per heavy atom. The highest BCUT2D eigenvalue weighted by molar-refractivity contribution is 9.11. The molecule has 92 valence electrons. The van der Waals surface area contributed by atoms with Gasteiger partial charge in [-0.2, -0.15) is 0 Å². The minimum Gasteiger partial charge on any atom is -0.333 e. The molecule has 0 unspecified atom stereocenters. The van der Waals surface area contributed by atoms with Crippen molar-refractivity contribution in [3.05, 3.63) is 39.0 Å². The van der Waals surface area contributed by atoms with E-state index in [2.05, 4.69) is 49.9 Å². The van der Waals surface area contributed by atoms with Crippen LogP contribution in [0.1, 0.15) is 17.5 Å². The van der Waals surface area contributed by atoms with Gasteiger partial charge in [-0.3, -0.25) is 0 Å². The number of nitrogens with one attached hydrogen (secondary N) is 1. The number of nitrogens with zero attached hydrogens (tertiary/aromatic N) is 2. The third kappa shape index (κ3) is 3.66. The number of aromatic nitrogens is 2. The summed E-state index contributed by atoms with van der Waals surface area (Å²) in [6.07, 6.45) is 4.91. The molecule has 17 heavy (non-hydrogen) atoms. The van der Waals surface area contributed by atoms with Crippen molar-refractivity contribution in [1.82, 2.24) is 14.9 Å². The zero-order valence-electron chi connectivity index (χ0n) is 9.82. The van der Waals surface area contributed by atoms with E-state index in [4.69, 9.17) is 0 Å². The zero-order chi connectivity index (χ0) is 12.1. The number of hydrogen-bond donors (Lipinski definition) is 1. The van der Waals surface area contributed by atoms with E-state index in [0.29, 0.717) is 0 Å². The molecule has 1 N–H and O–H groups in total. The average Bonchev–Trinajstić information content (AvgIpc) is 2.92. The van der Waals surface area contributed by atoms with Gasteiger partial charge in [0, 0.05) is 24.2 Å². The Morgan fingerprint density at radius 1 is 1.47 bits per heavy atom. The van der Waals surface area contributed by atoms with Gasteiger partial charge in [-0.05, 0) is 41.0 Å². The third-order valence-corrected chi connectivity index (χ3v) is 4.27. The van der Waals surface area contributed by atoms with E-state index < -0.39 is 0 Å². The third-order valence-electron chi connectivity index (χ3n) is 2.58. The molecule has 0 aliphatic carbocycles. The van der Waals surface area contributed by atoms with Crippen molar-refractivity contribution in [3.63, 3.8) is 0 Å². The van der Waals surface area contributed by atoms with Gasteiger partial charge in [0.05, 0.1) is 15.8 Å².